The number of carbonyl (C=O) groups excluding carboxylic acids is 1. The van der Waals surface area contributed by atoms with E-state index < -0.39 is 17.2 Å². The third kappa shape index (κ3) is 3.37. The van der Waals surface area contributed by atoms with Crippen LogP contribution in [0.4, 0.5) is 14.5 Å². The van der Waals surface area contributed by atoms with Crippen LogP contribution in [0.25, 0.3) is 10.9 Å². The predicted octanol–water partition coefficient (Wildman–Crippen LogP) is 3.44. The smallest absolute Gasteiger partial charge is 0.259 e. The van der Waals surface area contributed by atoms with E-state index in [-0.39, 0.29) is 29.5 Å². The molecule has 1 unspecified atom stereocenters. The monoisotopic (exact) mass is 447 g/mol. The number of anilines is 1. The number of aryl methyl sites for hydroxylation is 1. The number of benzene rings is 1. The minimum atomic E-state index is -1.01. The number of amides is 1. The topological polar surface area (TPSA) is 83.0 Å². The number of pyridine rings is 1. The Hall–Kier alpha value is -2.94. The molecule has 2 N–H and O–H groups in total. The predicted molar refractivity (Wildman–Crippen MR) is 112 cm³/mol. The fourth-order valence-electron chi connectivity index (χ4n) is 4.92. The summed E-state index contributed by atoms with van der Waals surface area (Å²) in [5.74, 6) is -2.11. The third-order valence-electron chi connectivity index (χ3n) is 6.31. The fourth-order valence-corrected chi connectivity index (χ4v) is 5.09. The molecule has 31 heavy (non-hydrogen) atoms. The van der Waals surface area contributed by atoms with E-state index in [1.807, 2.05) is 4.90 Å². The Morgan fingerprint density at radius 3 is 2.52 bits per heavy atom. The van der Waals surface area contributed by atoms with E-state index in [1.54, 1.807) is 7.05 Å². The van der Waals surface area contributed by atoms with Crippen LogP contribution in [0.15, 0.2) is 29.2 Å². The lowest BCUT2D eigenvalue weighted by atomic mass is 9.96. The van der Waals surface area contributed by atoms with Crippen molar-refractivity contribution in [1.82, 2.24) is 19.7 Å². The molecule has 7 nitrogen and oxygen atoms in total. The lowest BCUT2D eigenvalue weighted by Crippen LogP contribution is -2.49. The van der Waals surface area contributed by atoms with Gasteiger partial charge in [-0.25, -0.2) is 8.78 Å². The van der Waals surface area contributed by atoms with E-state index in [9.17, 15) is 18.4 Å². The van der Waals surface area contributed by atoms with Gasteiger partial charge in [0.05, 0.1) is 17.3 Å². The number of aromatic amines is 1. The van der Waals surface area contributed by atoms with Gasteiger partial charge in [-0.15, -0.1) is 0 Å². The lowest BCUT2D eigenvalue weighted by Gasteiger charge is -2.39. The molecule has 162 valence electrons. The van der Waals surface area contributed by atoms with Gasteiger partial charge in [-0.2, -0.15) is 5.10 Å². The van der Waals surface area contributed by atoms with Crippen LogP contribution < -0.4 is 10.9 Å². The molecule has 0 saturated carbocycles. The van der Waals surface area contributed by atoms with Gasteiger partial charge in [0, 0.05) is 48.4 Å². The number of nitrogens with one attached hydrogen (secondary N) is 2. The Morgan fingerprint density at radius 2 is 1.87 bits per heavy atom. The first-order valence-electron chi connectivity index (χ1n) is 10.1. The molecule has 10 heteroatoms. The maximum absolute atomic E-state index is 13.8. The second-order valence-electron chi connectivity index (χ2n) is 8.24. The SMILES string of the molecule is Cn1ncc(C(=O)N2[C@@H]3CC[C@H]2CC(Nc2cc(=O)[nH]c4cc(F)c(F)cc24)C3)c1Cl. The standard InChI is InChI=1S/C21H20ClF2N5O2/c1-28-20(22)14(9-25-28)21(31)29-11-2-3-12(29)5-10(4-11)26-18-8-19(30)27-17-7-16(24)15(23)6-13(17)18/h6-12H,2-5H2,1H3,(H2,26,27,30)/t10?,11-,12+. The molecule has 2 aliphatic rings. The molecule has 2 saturated heterocycles. The normalized spacial score (nSPS) is 22.8. The quantitative estimate of drug-likeness (QED) is 0.644. The van der Waals surface area contributed by atoms with Crippen molar-refractivity contribution in [3.63, 3.8) is 0 Å². The number of hydrogen-bond donors (Lipinski definition) is 2. The lowest BCUT2D eigenvalue weighted by molar-refractivity contribution is 0.0583. The van der Waals surface area contributed by atoms with Crippen LogP contribution in [0, 0.1) is 11.6 Å². The number of fused-ring (bicyclic) bond motifs is 3. The van der Waals surface area contributed by atoms with Crippen molar-refractivity contribution >= 4 is 34.1 Å². The van der Waals surface area contributed by atoms with Gasteiger partial charge in [-0.3, -0.25) is 14.3 Å². The van der Waals surface area contributed by atoms with E-state index >= 15 is 0 Å². The highest BCUT2D eigenvalue weighted by molar-refractivity contribution is 6.32. The van der Waals surface area contributed by atoms with E-state index in [4.69, 9.17) is 11.6 Å². The second kappa shape index (κ2) is 7.33. The molecular weight excluding hydrogens is 428 g/mol. The van der Waals surface area contributed by atoms with E-state index in [1.165, 1.54) is 16.9 Å². The van der Waals surface area contributed by atoms with E-state index in [0.29, 0.717) is 34.6 Å². The molecule has 2 aromatic heterocycles. The first kappa shape index (κ1) is 20.0. The Labute approximate surface area is 181 Å². The first-order valence-corrected chi connectivity index (χ1v) is 10.5. The molecule has 2 aliphatic heterocycles. The molecule has 2 bridgehead atoms. The Balaban J connectivity index is 1.40. The summed E-state index contributed by atoms with van der Waals surface area (Å²) in [5, 5.41) is 8.12. The summed E-state index contributed by atoms with van der Waals surface area (Å²) in [5.41, 5.74) is 0.682. The highest BCUT2D eigenvalue weighted by atomic mass is 35.5. The number of aromatic nitrogens is 3. The minimum Gasteiger partial charge on any atom is -0.381 e. The van der Waals surface area contributed by atoms with Gasteiger partial charge in [0.15, 0.2) is 11.6 Å². The highest BCUT2D eigenvalue weighted by Gasteiger charge is 2.44. The number of nitrogens with zero attached hydrogens (tertiary/aromatic N) is 3. The number of hydrogen-bond acceptors (Lipinski definition) is 4. The zero-order valence-corrected chi connectivity index (χ0v) is 17.4. The van der Waals surface area contributed by atoms with Gasteiger partial charge in [0.1, 0.15) is 5.15 Å². The average molecular weight is 448 g/mol. The summed E-state index contributed by atoms with van der Waals surface area (Å²) in [6.45, 7) is 0. The first-order chi connectivity index (χ1) is 14.8. The fraction of sp³-hybridized carbons (Fsp3) is 0.381. The van der Waals surface area contributed by atoms with Crippen LogP contribution in [0.1, 0.15) is 36.0 Å². The van der Waals surface area contributed by atoms with Gasteiger partial charge in [-0.05, 0) is 31.7 Å². The van der Waals surface area contributed by atoms with Crippen molar-refractivity contribution in [2.75, 3.05) is 5.32 Å². The van der Waals surface area contributed by atoms with Crippen molar-refractivity contribution in [2.24, 2.45) is 7.05 Å². The summed E-state index contributed by atoms with van der Waals surface area (Å²) in [7, 11) is 1.68. The Kier molecular flexibility index (Phi) is 4.73. The van der Waals surface area contributed by atoms with Crippen LogP contribution >= 0.6 is 11.6 Å². The van der Waals surface area contributed by atoms with Crippen molar-refractivity contribution in [1.29, 1.82) is 0 Å². The van der Waals surface area contributed by atoms with E-state index in [2.05, 4.69) is 15.4 Å². The average Bonchev–Trinajstić information content (AvgIpc) is 3.19. The maximum atomic E-state index is 13.8. The van der Waals surface area contributed by atoms with Crippen LogP contribution in [-0.4, -0.2) is 43.7 Å². The van der Waals surface area contributed by atoms with Crippen molar-refractivity contribution in [2.45, 2.75) is 43.8 Å². The number of H-pyrrole nitrogens is 1. The van der Waals surface area contributed by atoms with Crippen molar-refractivity contribution in [3.8, 4) is 0 Å². The summed E-state index contributed by atoms with van der Waals surface area (Å²) in [6, 6.07) is 3.48. The van der Waals surface area contributed by atoms with E-state index in [0.717, 1.165) is 25.0 Å². The van der Waals surface area contributed by atoms with Crippen molar-refractivity contribution < 1.29 is 13.6 Å². The van der Waals surface area contributed by atoms with Crippen molar-refractivity contribution in [3.05, 3.63) is 57.1 Å². The zero-order valence-electron chi connectivity index (χ0n) is 16.7. The molecule has 4 heterocycles. The molecule has 0 spiro atoms. The molecule has 1 aromatic carbocycles. The third-order valence-corrected chi connectivity index (χ3v) is 6.76. The van der Waals surface area contributed by atoms with Gasteiger partial charge in [0.25, 0.3) is 5.91 Å². The summed E-state index contributed by atoms with van der Waals surface area (Å²) >= 11 is 6.22. The number of piperidine rings is 1. The van der Waals surface area contributed by atoms with Gasteiger partial charge < -0.3 is 15.2 Å². The Bertz CT molecular complexity index is 1240. The van der Waals surface area contributed by atoms with Crippen LogP contribution in [0.5, 0.6) is 0 Å². The molecule has 3 aromatic rings. The Morgan fingerprint density at radius 1 is 1.19 bits per heavy atom. The van der Waals surface area contributed by atoms with Crippen LogP contribution in [0.2, 0.25) is 5.15 Å². The maximum Gasteiger partial charge on any atom is 0.259 e. The summed E-state index contributed by atoms with van der Waals surface area (Å²) in [4.78, 5) is 29.6. The molecule has 2 fully saturated rings. The molecule has 1 amide bonds. The van der Waals surface area contributed by atoms with Crippen LogP contribution in [0.3, 0.4) is 0 Å². The molecule has 5 rings (SSSR count). The number of halogens is 3. The number of carbonyl (C=O) groups is 1. The van der Waals surface area contributed by atoms with Crippen LogP contribution in [-0.2, 0) is 7.05 Å². The zero-order chi connectivity index (χ0) is 21.9. The molecule has 0 aliphatic carbocycles. The molecule has 0 radical (unpaired) electrons. The molecule has 3 atom stereocenters. The molecular formula is C21H20ClF2N5O2. The highest BCUT2D eigenvalue weighted by Crippen LogP contribution is 2.39. The summed E-state index contributed by atoms with van der Waals surface area (Å²) in [6.07, 6.45) is 4.60. The van der Waals surface area contributed by atoms with Gasteiger partial charge >= 0.3 is 0 Å². The minimum absolute atomic E-state index is 0.0102. The largest absolute Gasteiger partial charge is 0.381 e. The van der Waals surface area contributed by atoms with Gasteiger partial charge in [-0.1, -0.05) is 11.6 Å². The number of rotatable bonds is 3. The van der Waals surface area contributed by atoms with Gasteiger partial charge in [0.2, 0.25) is 5.56 Å². The summed E-state index contributed by atoms with van der Waals surface area (Å²) < 4.78 is 28.9. The second-order valence-corrected chi connectivity index (χ2v) is 8.60.